The van der Waals surface area contributed by atoms with Gasteiger partial charge in [-0.1, -0.05) is 16.8 Å². The average Bonchev–Trinajstić information content (AvgIpc) is 2.99. The van der Waals surface area contributed by atoms with E-state index < -0.39 is 22.9 Å². The lowest BCUT2D eigenvalue weighted by Crippen LogP contribution is -2.43. The van der Waals surface area contributed by atoms with Crippen LogP contribution in [-0.2, 0) is 7.05 Å². The molecule has 0 unspecified atom stereocenters. The zero-order valence-corrected chi connectivity index (χ0v) is 13.9. The van der Waals surface area contributed by atoms with Gasteiger partial charge in [-0.15, -0.1) is 0 Å². The Bertz CT molecular complexity index is 1060. The Hall–Kier alpha value is -3.20. The Morgan fingerprint density at radius 2 is 1.92 bits per heavy atom. The Morgan fingerprint density at radius 3 is 2.52 bits per heavy atom. The van der Waals surface area contributed by atoms with E-state index in [1.54, 1.807) is 31.2 Å². The molecule has 9 nitrogen and oxygen atoms in total. The Labute approximate surface area is 145 Å². The maximum Gasteiger partial charge on any atom is 0.351 e. The first-order valence-electron chi connectivity index (χ1n) is 7.08. The van der Waals surface area contributed by atoms with Crippen LogP contribution in [0.2, 0.25) is 5.02 Å². The minimum atomic E-state index is -0.826. The molecule has 128 valence electrons. The van der Waals surface area contributed by atoms with Crippen LogP contribution in [0.3, 0.4) is 0 Å². The number of halogens is 1. The quantitative estimate of drug-likeness (QED) is 0.748. The monoisotopic (exact) mass is 361 g/mol. The van der Waals surface area contributed by atoms with Crippen molar-refractivity contribution >= 4 is 23.3 Å². The second kappa shape index (κ2) is 6.36. The smallest absolute Gasteiger partial charge is 0.351 e. The number of rotatable bonds is 3. The summed E-state index contributed by atoms with van der Waals surface area (Å²) in [4.78, 5) is 36.8. The highest BCUT2D eigenvalue weighted by molar-refractivity contribution is 6.30. The Balaban J connectivity index is 2.07. The van der Waals surface area contributed by atoms with Gasteiger partial charge in [0.1, 0.15) is 5.76 Å². The minimum absolute atomic E-state index is 0.135. The van der Waals surface area contributed by atoms with Crippen LogP contribution in [0.1, 0.15) is 16.2 Å². The average molecular weight is 362 g/mol. The zero-order chi connectivity index (χ0) is 18.1. The molecule has 0 atom stereocenters. The molecule has 10 heteroatoms. The van der Waals surface area contributed by atoms with Gasteiger partial charge in [0.2, 0.25) is 5.69 Å². The number of carbonyl (C=O) groups is 1. The molecule has 1 N–H and O–H groups in total. The first kappa shape index (κ1) is 16.7. The van der Waals surface area contributed by atoms with Crippen molar-refractivity contribution < 1.29 is 9.32 Å². The molecular formula is C15H12ClN5O4. The molecule has 0 aliphatic rings. The van der Waals surface area contributed by atoms with Crippen molar-refractivity contribution in [1.29, 1.82) is 0 Å². The fraction of sp³-hybridized carbons (Fsp3) is 0.133. The molecule has 2 heterocycles. The maximum absolute atomic E-state index is 12.3. The number of benzene rings is 1. The molecule has 25 heavy (non-hydrogen) atoms. The van der Waals surface area contributed by atoms with Gasteiger partial charge in [0.15, 0.2) is 5.82 Å². The summed E-state index contributed by atoms with van der Waals surface area (Å²) in [5.74, 6) is -0.186. The van der Waals surface area contributed by atoms with Gasteiger partial charge in [0, 0.05) is 18.1 Å². The highest BCUT2D eigenvalue weighted by Gasteiger charge is 2.19. The van der Waals surface area contributed by atoms with Gasteiger partial charge < -0.3 is 9.84 Å². The largest absolute Gasteiger partial charge is 0.360 e. The van der Waals surface area contributed by atoms with E-state index >= 15 is 0 Å². The summed E-state index contributed by atoms with van der Waals surface area (Å²) in [5.41, 5.74) is -1.62. The van der Waals surface area contributed by atoms with Crippen molar-refractivity contribution in [2.24, 2.45) is 7.05 Å². The molecule has 0 aliphatic carbocycles. The van der Waals surface area contributed by atoms with E-state index in [1.165, 1.54) is 13.1 Å². The van der Waals surface area contributed by atoms with E-state index in [0.717, 1.165) is 9.25 Å². The highest BCUT2D eigenvalue weighted by Crippen LogP contribution is 2.11. The molecule has 3 rings (SSSR count). The molecule has 0 radical (unpaired) electrons. The molecule has 2 aromatic heterocycles. The Kier molecular flexibility index (Phi) is 4.24. The molecule has 0 saturated carbocycles. The first-order valence-corrected chi connectivity index (χ1v) is 7.45. The summed E-state index contributed by atoms with van der Waals surface area (Å²) in [6.45, 7) is 1.65. The van der Waals surface area contributed by atoms with Gasteiger partial charge in [-0.3, -0.25) is 14.2 Å². The number of hydrogen-bond donors (Lipinski definition) is 1. The van der Waals surface area contributed by atoms with Gasteiger partial charge in [-0.2, -0.15) is 9.78 Å². The Morgan fingerprint density at radius 1 is 1.24 bits per heavy atom. The van der Waals surface area contributed by atoms with E-state index in [-0.39, 0.29) is 5.82 Å². The van der Waals surface area contributed by atoms with Crippen molar-refractivity contribution in [1.82, 2.24) is 19.5 Å². The lowest BCUT2D eigenvalue weighted by Gasteiger charge is -2.09. The predicted octanol–water partition coefficient (Wildman–Crippen LogP) is 1.13. The zero-order valence-electron chi connectivity index (χ0n) is 13.2. The second-order valence-corrected chi connectivity index (χ2v) is 5.60. The van der Waals surface area contributed by atoms with Gasteiger partial charge >= 0.3 is 5.69 Å². The number of amides is 1. The molecule has 0 saturated heterocycles. The molecule has 0 fully saturated rings. The lowest BCUT2D eigenvalue weighted by atomic mass is 10.3. The molecule has 0 spiro atoms. The van der Waals surface area contributed by atoms with E-state index in [9.17, 15) is 14.4 Å². The van der Waals surface area contributed by atoms with E-state index in [4.69, 9.17) is 16.1 Å². The van der Waals surface area contributed by atoms with E-state index in [1.807, 2.05) is 0 Å². The summed E-state index contributed by atoms with van der Waals surface area (Å²) in [5, 5.41) is 10.4. The van der Waals surface area contributed by atoms with Crippen molar-refractivity contribution in [2.45, 2.75) is 6.92 Å². The number of aromatic nitrogens is 4. The number of nitrogens with one attached hydrogen (secondary N) is 1. The maximum atomic E-state index is 12.3. The fourth-order valence-corrected chi connectivity index (χ4v) is 2.19. The topological polar surface area (TPSA) is 112 Å². The van der Waals surface area contributed by atoms with Gasteiger partial charge in [-0.05, 0) is 31.2 Å². The van der Waals surface area contributed by atoms with Crippen LogP contribution in [0.25, 0.3) is 5.69 Å². The third-order valence-corrected chi connectivity index (χ3v) is 3.58. The lowest BCUT2D eigenvalue weighted by molar-refractivity contribution is 0.101. The van der Waals surface area contributed by atoms with Gasteiger partial charge in [0.05, 0.1) is 5.69 Å². The van der Waals surface area contributed by atoms with Gasteiger partial charge in [-0.25, -0.2) is 4.79 Å². The molecule has 0 bridgehead atoms. The third kappa shape index (κ3) is 3.22. The number of hydrogen-bond acceptors (Lipinski definition) is 6. The van der Waals surface area contributed by atoms with Crippen molar-refractivity contribution in [3.05, 3.63) is 67.6 Å². The SMILES string of the molecule is Cc1cc(NC(=O)c2nn(-c3ccc(Cl)cc3)c(=O)n(C)c2=O)no1. The van der Waals surface area contributed by atoms with Gasteiger partial charge in [0.25, 0.3) is 11.5 Å². The number of anilines is 1. The van der Waals surface area contributed by atoms with Crippen molar-refractivity contribution in [3.8, 4) is 5.69 Å². The third-order valence-electron chi connectivity index (χ3n) is 3.33. The summed E-state index contributed by atoms with van der Waals surface area (Å²) >= 11 is 5.83. The summed E-state index contributed by atoms with van der Waals surface area (Å²) in [6.07, 6.45) is 0. The van der Waals surface area contributed by atoms with E-state index in [0.29, 0.717) is 16.5 Å². The molecule has 0 aliphatic heterocycles. The molecule has 1 aromatic carbocycles. The van der Waals surface area contributed by atoms with Crippen molar-refractivity contribution in [2.75, 3.05) is 5.32 Å². The summed E-state index contributed by atoms with van der Waals surface area (Å²) in [7, 11) is 1.26. The normalized spacial score (nSPS) is 10.7. The van der Waals surface area contributed by atoms with Crippen LogP contribution < -0.4 is 16.6 Å². The van der Waals surface area contributed by atoms with Crippen LogP contribution in [0.5, 0.6) is 0 Å². The van der Waals surface area contributed by atoms with Crippen LogP contribution in [0, 0.1) is 6.92 Å². The standard InChI is InChI=1S/C15H12ClN5O4/c1-8-7-11(19-25-8)17-13(22)12-14(23)20(2)15(24)21(18-12)10-5-3-9(16)4-6-10/h3-7H,1-2H3,(H,17,19,22). The highest BCUT2D eigenvalue weighted by atomic mass is 35.5. The van der Waals surface area contributed by atoms with Crippen molar-refractivity contribution in [3.63, 3.8) is 0 Å². The predicted molar refractivity (Wildman–Crippen MR) is 89.3 cm³/mol. The molecule has 3 aromatic rings. The van der Waals surface area contributed by atoms with E-state index in [2.05, 4.69) is 15.6 Å². The van der Waals surface area contributed by atoms with Crippen LogP contribution in [0.4, 0.5) is 5.82 Å². The second-order valence-electron chi connectivity index (χ2n) is 5.16. The number of aryl methyl sites for hydroxylation is 1. The number of carbonyl (C=O) groups excluding carboxylic acids is 1. The van der Waals surface area contributed by atoms with Crippen LogP contribution in [-0.4, -0.2) is 25.4 Å². The number of nitrogens with zero attached hydrogens (tertiary/aromatic N) is 4. The van der Waals surface area contributed by atoms with Crippen LogP contribution in [0.15, 0.2) is 44.4 Å². The summed E-state index contributed by atoms with van der Waals surface area (Å²) < 4.78 is 6.58. The minimum Gasteiger partial charge on any atom is -0.360 e. The van der Waals surface area contributed by atoms with Crippen LogP contribution >= 0.6 is 11.6 Å². The molecule has 1 amide bonds. The first-order chi connectivity index (χ1) is 11.9. The fourth-order valence-electron chi connectivity index (χ4n) is 2.07. The molecular weight excluding hydrogens is 350 g/mol. The summed E-state index contributed by atoms with van der Waals surface area (Å²) in [6, 6.07) is 7.70.